The molecule has 3 N–H and O–H groups in total. The minimum atomic E-state index is -0.138. The lowest BCUT2D eigenvalue weighted by atomic mass is 10.0. The lowest BCUT2D eigenvalue weighted by Crippen LogP contribution is -2.05. The topological polar surface area (TPSA) is 74.5 Å². The average Bonchev–Trinajstić information content (AvgIpc) is 3.28. The minimum Gasteiger partial charge on any atom is -0.464 e. The normalized spacial score (nSPS) is 14.3. The van der Waals surface area contributed by atoms with Crippen LogP contribution in [0.15, 0.2) is 71.5 Å². The van der Waals surface area contributed by atoms with Crippen molar-refractivity contribution in [2.24, 2.45) is 0 Å². The van der Waals surface area contributed by atoms with E-state index in [0.717, 1.165) is 33.8 Å². The van der Waals surface area contributed by atoms with Gasteiger partial charge in [-0.05, 0) is 42.3 Å². The van der Waals surface area contributed by atoms with Crippen molar-refractivity contribution in [1.82, 2.24) is 0 Å². The Bertz CT molecular complexity index is 957. The molecule has 1 aromatic heterocycles. The van der Waals surface area contributed by atoms with Gasteiger partial charge in [0.2, 0.25) is 0 Å². The predicted octanol–water partition coefficient (Wildman–Crippen LogP) is 3.89. The van der Waals surface area contributed by atoms with E-state index in [1.54, 1.807) is 12.5 Å². The first-order valence-corrected chi connectivity index (χ1v) is 8.41. The number of aliphatic hydroxyl groups excluding tert-OH is 1. The predicted molar refractivity (Wildman–Crippen MR) is 102 cm³/mol. The maximum atomic E-state index is 12.3. The maximum absolute atomic E-state index is 12.3. The summed E-state index contributed by atoms with van der Waals surface area (Å²) in [6, 6.07) is 17.3. The van der Waals surface area contributed by atoms with Gasteiger partial charge >= 0.3 is 0 Å². The Hall–Kier alpha value is -3.31. The third-order valence-corrected chi connectivity index (χ3v) is 4.35. The molecule has 0 atom stereocenters. The van der Waals surface area contributed by atoms with Gasteiger partial charge < -0.3 is 20.2 Å². The second-order valence-corrected chi connectivity index (χ2v) is 6.06. The zero-order chi connectivity index (χ0) is 17.9. The standard InChI is InChI=1S/C21H18N2O3/c24-10-9-14-3-6-16(7-4-14)22-13-18-17-8-5-15(20-2-1-11-26-20)12-19(17)23-21(18)25/h1-8,11-13,22,24H,9-10H2,(H,23,25). The second-order valence-electron chi connectivity index (χ2n) is 6.06. The Balaban J connectivity index is 1.56. The summed E-state index contributed by atoms with van der Waals surface area (Å²) in [6.07, 6.45) is 3.98. The Morgan fingerprint density at radius 3 is 2.69 bits per heavy atom. The number of hydrogen-bond acceptors (Lipinski definition) is 4. The number of anilines is 2. The van der Waals surface area contributed by atoms with Crippen LogP contribution >= 0.6 is 0 Å². The fourth-order valence-electron chi connectivity index (χ4n) is 2.99. The molecule has 0 saturated carbocycles. The van der Waals surface area contributed by atoms with Crippen molar-refractivity contribution in [3.05, 3.63) is 78.2 Å². The largest absolute Gasteiger partial charge is 0.464 e. The quantitative estimate of drug-likeness (QED) is 0.613. The summed E-state index contributed by atoms with van der Waals surface area (Å²) in [6.45, 7) is 0.133. The number of amides is 1. The van der Waals surface area contributed by atoms with Crippen molar-refractivity contribution in [1.29, 1.82) is 0 Å². The van der Waals surface area contributed by atoms with E-state index in [2.05, 4.69) is 10.6 Å². The van der Waals surface area contributed by atoms with Crippen molar-refractivity contribution in [3.8, 4) is 11.3 Å². The monoisotopic (exact) mass is 346 g/mol. The molecule has 2 aromatic carbocycles. The minimum absolute atomic E-state index is 0.133. The van der Waals surface area contributed by atoms with Crippen LogP contribution in [0.25, 0.3) is 16.9 Å². The summed E-state index contributed by atoms with van der Waals surface area (Å²) in [4.78, 5) is 12.3. The van der Waals surface area contributed by atoms with Crippen molar-refractivity contribution in [3.63, 3.8) is 0 Å². The zero-order valence-electron chi connectivity index (χ0n) is 14.0. The summed E-state index contributed by atoms with van der Waals surface area (Å²) in [5.41, 5.74) is 5.09. The Morgan fingerprint density at radius 1 is 1.12 bits per heavy atom. The molecule has 1 amide bonds. The van der Waals surface area contributed by atoms with Crippen molar-refractivity contribution in [2.75, 3.05) is 17.2 Å². The van der Waals surface area contributed by atoms with Gasteiger partial charge in [-0.2, -0.15) is 0 Å². The molecule has 0 spiro atoms. The van der Waals surface area contributed by atoms with Gasteiger partial charge in [0.05, 0.1) is 11.8 Å². The van der Waals surface area contributed by atoms with Gasteiger partial charge in [-0.15, -0.1) is 0 Å². The number of carbonyl (C=O) groups is 1. The second kappa shape index (κ2) is 6.90. The van der Waals surface area contributed by atoms with Gasteiger partial charge in [-0.25, -0.2) is 0 Å². The molecule has 4 rings (SSSR count). The van der Waals surface area contributed by atoms with Crippen LogP contribution < -0.4 is 10.6 Å². The number of hydrogen-bond donors (Lipinski definition) is 3. The highest BCUT2D eigenvalue weighted by atomic mass is 16.3. The molecule has 130 valence electrons. The van der Waals surface area contributed by atoms with Crippen LogP contribution in [0.4, 0.5) is 11.4 Å². The van der Waals surface area contributed by atoms with Crippen LogP contribution in [-0.2, 0) is 11.2 Å². The van der Waals surface area contributed by atoms with Crippen LogP contribution in [0.1, 0.15) is 11.1 Å². The molecule has 5 nitrogen and oxygen atoms in total. The van der Waals surface area contributed by atoms with E-state index in [1.807, 2.05) is 54.6 Å². The molecule has 2 heterocycles. The summed E-state index contributed by atoms with van der Waals surface area (Å²) in [5, 5.41) is 15.0. The summed E-state index contributed by atoms with van der Waals surface area (Å²) in [5.74, 6) is 0.626. The number of benzene rings is 2. The number of rotatable bonds is 5. The van der Waals surface area contributed by atoms with Crippen molar-refractivity contribution >= 4 is 22.9 Å². The first-order chi connectivity index (χ1) is 12.7. The van der Waals surface area contributed by atoms with Crippen molar-refractivity contribution in [2.45, 2.75) is 6.42 Å². The molecule has 0 aliphatic carbocycles. The third-order valence-electron chi connectivity index (χ3n) is 4.35. The fraction of sp³-hybridized carbons (Fsp3) is 0.0952. The van der Waals surface area contributed by atoms with E-state index in [4.69, 9.17) is 9.52 Å². The maximum Gasteiger partial charge on any atom is 0.257 e. The average molecular weight is 346 g/mol. The molecule has 3 aromatic rings. The first kappa shape index (κ1) is 16.2. The number of aliphatic hydroxyl groups is 1. The molecule has 0 bridgehead atoms. The molecule has 0 saturated heterocycles. The Kier molecular flexibility index (Phi) is 4.29. The van der Waals surface area contributed by atoms with Crippen LogP contribution in [0.5, 0.6) is 0 Å². The van der Waals surface area contributed by atoms with E-state index in [1.165, 1.54) is 0 Å². The van der Waals surface area contributed by atoms with Gasteiger partial charge in [-0.1, -0.05) is 24.3 Å². The number of nitrogens with one attached hydrogen (secondary N) is 2. The van der Waals surface area contributed by atoms with Crippen LogP contribution in [0.2, 0.25) is 0 Å². The van der Waals surface area contributed by atoms with Crippen molar-refractivity contribution < 1.29 is 14.3 Å². The number of fused-ring (bicyclic) bond motifs is 1. The summed E-state index contributed by atoms with van der Waals surface area (Å²) >= 11 is 0. The molecular formula is C21H18N2O3. The van der Waals surface area contributed by atoms with E-state index in [9.17, 15) is 4.79 Å². The first-order valence-electron chi connectivity index (χ1n) is 8.41. The fourth-order valence-corrected chi connectivity index (χ4v) is 2.99. The Morgan fingerprint density at radius 2 is 1.96 bits per heavy atom. The highest BCUT2D eigenvalue weighted by molar-refractivity contribution is 6.31. The van der Waals surface area contributed by atoms with E-state index in [0.29, 0.717) is 12.0 Å². The lowest BCUT2D eigenvalue weighted by Gasteiger charge is -2.05. The molecule has 1 aliphatic rings. The van der Waals surface area contributed by atoms with Gasteiger partial charge in [0.25, 0.3) is 5.91 Å². The van der Waals surface area contributed by atoms with E-state index < -0.39 is 0 Å². The van der Waals surface area contributed by atoms with Gasteiger partial charge in [0, 0.05) is 35.3 Å². The smallest absolute Gasteiger partial charge is 0.257 e. The molecular weight excluding hydrogens is 328 g/mol. The summed E-state index contributed by atoms with van der Waals surface area (Å²) < 4.78 is 5.41. The summed E-state index contributed by atoms with van der Waals surface area (Å²) in [7, 11) is 0. The van der Waals surface area contributed by atoms with Gasteiger partial charge in [0.15, 0.2) is 0 Å². The van der Waals surface area contributed by atoms with Crippen LogP contribution in [0.3, 0.4) is 0 Å². The highest BCUT2D eigenvalue weighted by Crippen LogP contribution is 2.35. The van der Waals surface area contributed by atoms with Crippen LogP contribution in [-0.4, -0.2) is 17.6 Å². The van der Waals surface area contributed by atoms with Crippen LogP contribution in [0, 0.1) is 0 Å². The SMILES string of the molecule is O=C1Nc2cc(-c3ccco3)ccc2C1=CNc1ccc(CCO)cc1. The molecule has 0 unspecified atom stereocenters. The lowest BCUT2D eigenvalue weighted by molar-refractivity contribution is -0.110. The molecule has 0 radical (unpaired) electrons. The molecule has 1 aliphatic heterocycles. The van der Waals surface area contributed by atoms with E-state index in [-0.39, 0.29) is 12.5 Å². The zero-order valence-corrected chi connectivity index (χ0v) is 14.0. The number of furan rings is 1. The molecule has 26 heavy (non-hydrogen) atoms. The van der Waals surface area contributed by atoms with E-state index >= 15 is 0 Å². The third kappa shape index (κ3) is 3.12. The molecule has 5 heteroatoms. The van der Waals surface area contributed by atoms with Gasteiger partial charge in [-0.3, -0.25) is 4.79 Å². The Labute approximate surface area is 151 Å². The molecule has 0 fully saturated rings. The number of carbonyl (C=O) groups excluding carboxylic acids is 1. The highest BCUT2D eigenvalue weighted by Gasteiger charge is 2.24. The van der Waals surface area contributed by atoms with Gasteiger partial charge in [0.1, 0.15) is 5.76 Å².